The van der Waals surface area contributed by atoms with E-state index in [2.05, 4.69) is 10.0 Å². The number of benzene rings is 2. The van der Waals surface area contributed by atoms with E-state index in [1.807, 2.05) is 19.1 Å². The Morgan fingerprint density at radius 2 is 1.77 bits per heavy atom. The fraction of sp³-hybridized carbons (Fsp3) is 0.278. The zero-order chi connectivity index (χ0) is 19.2. The lowest BCUT2D eigenvalue weighted by Gasteiger charge is -2.15. The minimum absolute atomic E-state index is 0.00370. The third-order valence-electron chi connectivity index (χ3n) is 3.46. The van der Waals surface area contributed by atoms with E-state index >= 15 is 0 Å². The summed E-state index contributed by atoms with van der Waals surface area (Å²) in [7, 11) is -3.84. The molecule has 0 aromatic heterocycles. The third-order valence-corrected chi connectivity index (χ3v) is 4.83. The Bertz CT molecular complexity index is 881. The molecule has 0 fully saturated rings. The molecule has 1 amide bonds. The van der Waals surface area contributed by atoms with Gasteiger partial charge in [0.2, 0.25) is 0 Å². The van der Waals surface area contributed by atoms with Crippen molar-refractivity contribution >= 4 is 27.5 Å². The molecule has 0 aliphatic rings. The second-order valence-corrected chi connectivity index (χ2v) is 7.04. The predicted octanol–water partition coefficient (Wildman–Crippen LogP) is 3.76. The fourth-order valence-electron chi connectivity index (χ4n) is 2.22. The lowest BCUT2D eigenvalue weighted by molar-refractivity contribution is 0.167. The van der Waals surface area contributed by atoms with Gasteiger partial charge in [0, 0.05) is 0 Å². The fourth-order valence-corrected chi connectivity index (χ4v) is 3.38. The Morgan fingerprint density at radius 1 is 1.04 bits per heavy atom. The predicted molar refractivity (Wildman–Crippen MR) is 100 cm³/mol. The molecule has 0 heterocycles. The summed E-state index contributed by atoms with van der Waals surface area (Å²) >= 11 is 0. The summed E-state index contributed by atoms with van der Waals surface area (Å²) in [4.78, 5) is 11.7. The lowest BCUT2D eigenvalue weighted by atomic mass is 10.2. The van der Waals surface area contributed by atoms with E-state index in [0.29, 0.717) is 18.0 Å². The van der Waals surface area contributed by atoms with Gasteiger partial charge in [-0.2, -0.15) is 0 Å². The standard InChI is InChI=1S/C18H22N2O5S/c1-4-24-17-11-10-14(12-16(17)19-18(21)25-5-2)26(22,23)20-15-9-7-6-8-13(15)3/h6-12,20H,4-5H2,1-3H3,(H,19,21). The molecule has 0 saturated carbocycles. The maximum Gasteiger partial charge on any atom is 0.411 e. The van der Waals surface area contributed by atoms with Crippen LogP contribution in [0.1, 0.15) is 19.4 Å². The zero-order valence-electron chi connectivity index (χ0n) is 14.9. The van der Waals surface area contributed by atoms with Crippen molar-refractivity contribution in [2.75, 3.05) is 23.3 Å². The van der Waals surface area contributed by atoms with Crippen LogP contribution in [0.5, 0.6) is 5.75 Å². The molecule has 0 radical (unpaired) electrons. The van der Waals surface area contributed by atoms with Crippen LogP contribution in [0.4, 0.5) is 16.2 Å². The number of carbonyl (C=O) groups is 1. The van der Waals surface area contributed by atoms with Crippen LogP contribution in [0.15, 0.2) is 47.4 Å². The first kappa shape index (κ1) is 19.6. The van der Waals surface area contributed by atoms with E-state index in [4.69, 9.17) is 9.47 Å². The van der Waals surface area contributed by atoms with Crippen molar-refractivity contribution in [2.24, 2.45) is 0 Å². The topological polar surface area (TPSA) is 93.7 Å². The Labute approximate surface area is 153 Å². The van der Waals surface area contributed by atoms with Gasteiger partial charge in [0.25, 0.3) is 10.0 Å². The molecular formula is C18H22N2O5S. The average Bonchev–Trinajstić information content (AvgIpc) is 2.58. The molecule has 140 valence electrons. The van der Waals surface area contributed by atoms with Crippen molar-refractivity contribution in [2.45, 2.75) is 25.7 Å². The molecule has 26 heavy (non-hydrogen) atoms. The van der Waals surface area contributed by atoms with E-state index in [1.54, 1.807) is 26.0 Å². The van der Waals surface area contributed by atoms with Gasteiger partial charge in [-0.15, -0.1) is 0 Å². The number of carbonyl (C=O) groups excluding carboxylic acids is 1. The van der Waals surface area contributed by atoms with Crippen LogP contribution < -0.4 is 14.8 Å². The summed E-state index contributed by atoms with van der Waals surface area (Å²) in [5, 5.41) is 2.51. The van der Waals surface area contributed by atoms with Crippen LogP contribution in [-0.4, -0.2) is 27.7 Å². The van der Waals surface area contributed by atoms with Crippen LogP contribution in [0.2, 0.25) is 0 Å². The number of anilines is 2. The SMILES string of the molecule is CCOC(=O)Nc1cc(S(=O)(=O)Nc2ccccc2C)ccc1OCC. The molecule has 7 nitrogen and oxygen atoms in total. The first-order valence-corrected chi connectivity index (χ1v) is 9.64. The average molecular weight is 378 g/mol. The largest absolute Gasteiger partial charge is 0.492 e. The molecule has 0 bridgehead atoms. The molecule has 2 aromatic rings. The van der Waals surface area contributed by atoms with Gasteiger partial charge in [-0.05, 0) is 50.6 Å². The van der Waals surface area contributed by atoms with Crippen molar-refractivity contribution in [3.63, 3.8) is 0 Å². The van der Waals surface area contributed by atoms with Crippen LogP contribution in [0, 0.1) is 6.92 Å². The van der Waals surface area contributed by atoms with Gasteiger partial charge in [-0.1, -0.05) is 18.2 Å². The van der Waals surface area contributed by atoms with Gasteiger partial charge < -0.3 is 9.47 Å². The van der Waals surface area contributed by atoms with Crippen molar-refractivity contribution in [3.8, 4) is 5.75 Å². The lowest BCUT2D eigenvalue weighted by Crippen LogP contribution is -2.17. The van der Waals surface area contributed by atoms with Crippen LogP contribution in [0.25, 0.3) is 0 Å². The van der Waals surface area contributed by atoms with Gasteiger partial charge >= 0.3 is 6.09 Å². The Morgan fingerprint density at radius 3 is 2.42 bits per heavy atom. The highest BCUT2D eigenvalue weighted by molar-refractivity contribution is 7.92. The minimum Gasteiger partial charge on any atom is -0.492 e. The number of ether oxygens (including phenoxy) is 2. The summed E-state index contributed by atoms with van der Waals surface area (Å²) in [6.45, 7) is 5.84. The van der Waals surface area contributed by atoms with E-state index in [9.17, 15) is 13.2 Å². The maximum atomic E-state index is 12.7. The second kappa shape index (κ2) is 8.57. The quantitative estimate of drug-likeness (QED) is 0.765. The van der Waals surface area contributed by atoms with Crippen LogP contribution in [-0.2, 0) is 14.8 Å². The molecule has 2 N–H and O–H groups in total. The molecular weight excluding hydrogens is 356 g/mol. The Kier molecular flexibility index (Phi) is 6.46. The van der Waals surface area contributed by atoms with Crippen molar-refractivity contribution < 1.29 is 22.7 Å². The first-order valence-electron chi connectivity index (χ1n) is 8.16. The smallest absolute Gasteiger partial charge is 0.411 e. The Hall–Kier alpha value is -2.74. The number of amides is 1. The number of hydrogen-bond donors (Lipinski definition) is 2. The molecule has 0 saturated heterocycles. The summed E-state index contributed by atoms with van der Waals surface area (Å²) in [5.74, 6) is 0.357. The molecule has 0 unspecified atom stereocenters. The van der Waals surface area contributed by atoms with Crippen molar-refractivity contribution in [1.82, 2.24) is 0 Å². The summed E-state index contributed by atoms with van der Waals surface area (Å²) in [5.41, 5.74) is 1.51. The van der Waals surface area contributed by atoms with Crippen LogP contribution in [0.3, 0.4) is 0 Å². The highest BCUT2D eigenvalue weighted by Gasteiger charge is 2.19. The van der Waals surface area contributed by atoms with Crippen molar-refractivity contribution in [1.29, 1.82) is 0 Å². The number of rotatable bonds is 7. The number of para-hydroxylation sites is 1. The molecule has 0 aliphatic carbocycles. The zero-order valence-corrected chi connectivity index (χ0v) is 15.7. The van der Waals surface area contributed by atoms with Crippen LogP contribution >= 0.6 is 0 Å². The van der Waals surface area contributed by atoms with Gasteiger partial charge in [0.15, 0.2) is 0 Å². The maximum absolute atomic E-state index is 12.7. The highest BCUT2D eigenvalue weighted by Crippen LogP contribution is 2.29. The molecule has 0 aliphatic heterocycles. The van der Waals surface area contributed by atoms with E-state index in [0.717, 1.165) is 5.56 Å². The van der Waals surface area contributed by atoms with E-state index in [1.165, 1.54) is 18.2 Å². The number of sulfonamides is 1. The van der Waals surface area contributed by atoms with E-state index in [-0.39, 0.29) is 17.2 Å². The summed E-state index contributed by atoms with van der Waals surface area (Å²) in [6.07, 6.45) is -0.685. The molecule has 2 aromatic carbocycles. The van der Waals surface area contributed by atoms with Gasteiger partial charge in [-0.3, -0.25) is 10.0 Å². The van der Waals surface area contributed by atoms with Gasteiger partial charge in [0.05, 0.1) is 29.5 Å². The Balaban J connectivity index is 2.36. The summed E-state index contributed by atoms with van der Waals surface area (Å²) in [6, 6.07) is 11.3. The number of hydrogen-bond acceptors (Lipinski definition) is 5. The normalized spacial score (nSPS) is 10.9. The second-order valence-electron chi connectivity index (χ2n) is 5.36. The van der Waals surface area contributed by atoms with Gasteiger partial charge in [0.1, 0.15) is 5.75 Å². The highest BCUT2D eigenvalue weighted by atomic mass is 32.2. The molecule has 0 spiro atoms. The molecule has 0 atom stereocenters. The molecule has 2 rings (SSSR count). The summed E-state index contributed by atoms with van der Waals surface area (Å²) < 4.78 is 38.2. The monoisotopic (exact) mass is 378 g/mol. The molecule has 8 heteroatoms. The van der Waals surface area contributed by atoms with Gasteiger partial charge in [-0.25, -0.2) is 13.2 Å². The minimum atomic E-state index is -3.84. The van der Waals surface area contributed by atoms with E-state index < -0.39 is 16.1 Å². The number of aryl methyl sites for hydroxylation is 1. The number of nitrogens with one attached hydrogen (secondary N) is 2. The van der Waals surface area contributed by atoms with Crippen molar-refractivity contribution in [3.05, 3.63) is 48.0 Å². The third kappa shape index (κ3) is 4.89. The first-order chi connectivity index (χ1) is 12.4.